The van der Waals surface area contributed by atoms with Crippen molar-refractivity contribution < 1.29 is 0 Å². The summed E-state index contributed by atoms with van der Waals surface area (Å²) in [5.74, 6) is 0.962. The van der Waals surface area contributed by atoms with Gasteiger partial charge in [-0.3, -0.25) is 0 Å². The molecule has 0 radical (unpaired) electrons. The minimum Gasteiger partial charge on any atom is -0.491 e. The van der Waals surface area contributed by atoms with Crippen molar-refractivity contribution in [3.63, 3.8) is 0 Å². The Kier molecular flexibility index (Phi) is 2.83. The van der Waals surface area contributed by atoms with Gasteiger partial charge in [-0.05, 0) is 6.42 Å². The van der Waals surface area contributed by atoms with E-state index in [0.717, 1.165) is 12.2 Å². The Bertz CT molecular complexity index is 443. The van der Waals surface area contributed by atoms with Gasteiger partial charge in [-0.1, -0.05) is 30.3 Å². The molecule has 0 bridgehead atoms. The number of halogens is 1. The van der Waals surface area contributed by atoms with E-state index < -0.39 is 0 Å². The smallest absolute Gasteiger partial charge is 0.191 e. The van der Waals surface area contributed by atoms with E-state index in [-0.39, 0.29) is 0 Å². The number of nitrogens with zero attached hydrogens (tertiary/aromatic N) is 5. The molecule has 0 N–H and O–H groups in total. The molecule has 0 aliphatic heterocycles. The maximum Gasteiger partial charge on any atom is 0.191 e. The highest BCUT2D eigenvalue weighted by molar-refractivity contribution is 7.99. The summed E-state index contributed by atoms with van der Waals surface area (Å²) in [5.41, 5.74) is 0.927. The van der Waals surface area contributed by atoms with Crippen molar-refractivity contribution in [2.24, 2.45) is 0 Å². The Balaban J connectivity index is 2.38. The van der Waals surface area contributed by atoms with Gasteiger partial charge < -0.3 is 15.4 Å². The van der Waals surface area contributed by atoms with Crippen LogP contribution in [-0.2, 0) is 0 Å². The number of aromatic nitrogens is 5. The number of hydrogen-bond acceptors (Lipinski definition) is 5. The van der Waals surface area contributed by atoms with Crippen molar-refractivity contribution in [1.29, 1.82) is 0 Å². The van der Waals surface area contributed by atoms with Gasteiger partial charge in [0, 0.05) is 5.75 Å². The molecule has 0 aliphatic rings. The van der Waals surface area contributed by atoms with E-state index in [2.05, 4.69) is 32.3 Å². The predicted octanol–water partition coefficient (Wildman–Crippen LogP) is 1.53. The van der Waals surface area contributed by atoms with Crippen LogP contribution in [-0.4, -0.2) is 25.9 Å². The SMILES string of the molecule is CCCSc1nc(Cl)c2n[n-]nc2n1. The normalized spacial score (nSPS) is 11.0. The highest BCUT2D eigenvalue weighted by Crippen LogP contribution is 2.21. The fourth-order valence-electron chi connectivity index (χ4n) is 0.921. The molecule has 74 valence electrons. The fraction of sp³-hybridized carbons (Fsp3) is 0.429. The molecule has 2 aromatic rings. The molecule has 2 aromatic heterocycles. The molecule has 7 heteroatoms. The van der Waals surface area contributed by atoms with Crippen molar-refractivity contribution in [1.82, 2.24) is 25.4 Å². The first-order chi connectivity index (χ1) is 6.81. The zero-order valence-corrected chi connectivity index (χ0v) is 9.01. The first-order valence-electron chi connectivity index (χ1n) is 4.13. The van der Waals surface area contributed by atoms with Crippen molar-refractivity contribution >= 4 is 34.5 Å². The largest absolute Gasteiger partial charge is 0.491 e. The molecule has 5 nitrogen and oxygen atoms in total. The van der Waals surface area contributed by atoms with Gasteiger partial charge in [-0.2, -0.15) is 0 Å². The molecule has 14 heavy (non-hydrogen) atoms. The Hall–Kier alpha value is -0.880. The second kappa shape index (κ2) is 4.10. The summed E-state index contributed by atoms with van der Waals surface area (Å²) in [5, 5.41) is 11.9. The Labute approximate surface area is 89.7 Å². The average Bonchev–Trinajstić information content (AvgIpc) is 2.63. The van der Waals surface area contributed by atoms with Gasteiger partial charge in [0.15, 0.2) is 16.0 Å². The van der Waals surface area contributed by atoms with Crippen LogP contribution in [0.5, 0.6) is 0 Å². The van der Waals surface area contributed by atoms with Crippen LogP contribution in [0, 0.1) is 0 Å². The number of hydrogen-bond donors (Lipinski definition) is 0. The number of rotatable bonds is 3. The van der Waals surface area contributed by atoms with Gasteiger partial charge in [0.2, 0.25) is 0 Å². The van der Waals surface area contributed by atoms with E-state index in [0.29, 0.717) is 21.5 Å². The summed E-state index contributed by atoms with van der Waals surface area (Å²) in [7, 11) is 0. The van der Waals surface area contributed by atoms with Crippen LogP contribution in [0.3, 0.4) is 0 Å². The van der Waals surface area contributed by atoms with Gasteiger partial charge in [0.1, 0.15) is 5.52 Å². The molecular formula is C7H7ClN5S-. The van der Waals surface area contributed by atoms with E-state index in [9.17, 15) is 0 Å². The Morgan fingerprint density at radius 1 is 1.36 bits per heavy atom. The predicted molar refractivity (Wildman–Crippen MR) is 54.5 cm³/mol. The van der Waals surface area contributed by atoms with E-state index in [1.807, 2.05) is 0 Å². The van der Waals surface area contributed by atoms with Gasteiger partial charge >= 0.3 is 0 Å². The molecule has 2 rings (SSSR count). The third-order valence-corrected chi connectivity index (χ3v) is 2.84. The topological polar surface area (TPSA) is 65.7 Å². The summed E-state index contributed by atoms with van der Waals surface area (Å²) < 4.78 is 0. The van der Waals surface area contributed by atoms with Crippen LogP contribution in [0.1, 0.15) is 13.3 Å². The minimum atomic E-state index is 0.318. The monoisotopic (exact) mass is 228 g/mol. The van der Waals surface area contributed by atoms with Gasteiger partial charge in [0.05, 0.1) is 0 Å². The summed E-state index contributed by atoms with van der Waals surface area (Å²) in [4.78, 5) is 8.25. The summed E-state index contributed by atoms with van der Waals surface area (Å²) in [6.07, 6.45) is 1.06. The molecule has 0 fully saturated rings. The number of thioether (sulfide) groups is 1. The molecule has 0 saturated heterocycles. The quantitative estimate of drug-likeness (QED) is 0.451. The van der Waals surface area contributed by atoms with Gasteiger partial charge in [-0.15, -0.1) is 0 Å². The van der Waals surface area contributed by atoms with Crippen LogP contribution in [0.4, 0.5) is 0 Å². The molecule has 0 atom stereocenters. The van der Waals surface area contributed by atoms with Gasteiger partial charge in [0.25, 0.3) is 0 Å². The van der Waals surface area contributed by atoms with Gasteiger partial charge in [-0.25, -0.2) is 9.97 Å². The first kappa shape index (κ1) is 9.67. The first-order valence-corrected chi connectivity index (χ1v) is 5.49. The van der Waals surface area contributed by atoms with Crippen molar-refractivity contribution in [2.45, 2.75) is 18.5 Å². The lowest BCUT2D eigenvalue weighted by Crippen LogP contribution is -1.90. The molecule has 0 amide bonds. The van der Waals surface area contributed by atoms with Crippen molar-refractivity contribution in [2.75, 3.05) is 5.75 Å². The highest BCUT2D eigenvalue weighted by atomic mass is 35.5. The minimum absolute atomic E-state index is 0.318. The second-order valence-electron chi connectivity index (χ2n) is 2.61. The molecule has 0 aromatic carbocycles. The third-order valence-electron chi connectivity index (χ3n) is 1.52. The Morgan fingerprint density at radius 2 is 2.21 bits per heavy atom. The number of fused-ring (bicyclic) bond motifs is 1. The maximum atomic E-state index is 5.88. The zero-order chi connectivity index (χ0) is 9.97. The van der Waals surface area contributed by atoms with E-state index in [4.69, 9.17) is 11.6 Å². The van der Waals surface area contributed by atoms with E-state index >= 15 is 0 Å². The second-order valence-corrected chi connectivity index (χ2v) is 4.03. The lowest BCUT2D eigenvalue weighted by atomic mass is 10.6. The van der Waals surface area contributed by atoms with Crippen LogP contribution >= 0.6 is 23.4 Å². The average molecular weight is 229 g/mol. The molecule has 0 saturated carbocycles. The standard InChI is InChI=1S/C7H7ClN5S/c1-2-3-14-7-9-5(8)4-6(10-7)12-13-11-4/h2-3H2,1H3/q-1. The Morgan fingerprint density at radius 3 is 3.00 bits per heavy atom. The summed E-state index contributed by atoms with van der Waals surface area (Å²) in [6, 6.07) is 0. The zero-order valence-electron chi connectivity index (χ0n) is 7.44. The molecular weight excluding hydrogens is 222 g/mol. The summed E-state index contributed by atoms with van der Waals surface area (Å²) in [6.45, 7) is 2.09. The molecule has 2 heterocycles. The lowest BCUT2D eigenvalue weighted by Gasteiger charge is -1.98. The fourth-order valence-corrected chi connectivity index (χ4v) is 1.87. The molecule has 0 spiro atoms. The van der Waals surface area contributed by atoms with Crippen LogP contribution in [0.2, 0.25) is 5.15 Å². The van der Waals surface area contributed by atoms with Crippen molar-refractivity contribution in [3.05, 3.63) is 5.15 Å². The highest BCUT2D eigenvalue weighted by Gasteiger charge is 2.05. The van der Waals surface area contributed by atoms with Crippen LogP contribution in [0.15, 0.2) is 5.16 Å². The van der Waals surface area contributed by atoms with Crippen LogP contribution in [0.25, 0.3) is 11.2 Å². The maximum absolute atomic E-state index is 5.88. The van der Waals surface area contributed by atoms with E-state index in [1.54, 1.807) is 11.8 Å². The van der Waals surface area contributed by atoms with Crippen LogP contribution < -0.4 is 5.21 Å². The van der Waals surface area contributed by atoms with Crippen molar-refractivity contribution in [3.8, 4) is 0 Å². The molecule has 0 aliphatic carbocycles. The summed E-state index contributed by atoms with van der Waals surface area (Å²) >= 11 is 7.43. The third kappa shape index (κ3) is 1.80. The van der Waals surface area contributed by atoms with E-state index in [1.165, 1.54) is 0 Å². The molecule has 0 unspecified atom stereocenters. The lowest BCUT2D eigenvalue weighted by molar-refractivity contribution is 0.919.